The molecule has 2 N–H and O–H groups in total. The lowest BCUT2D eigenvalue weighted by atomic mass is 10.2. The van der Waals surface area contributed by atoms with E-state index in [0.717, 1.165) is 12.8 Å². The van der Waals surface area contributed by atoms with Gasteiger partial charge < -0.3 is 15.2 Å². The Bertz CT molecular complexity index is 635. The summed E-state index contributed by atoms with van der Waals surface area (Å²) in [6.07, 6.45) is 3.84. The highest BCUT2D eigenvalue weighted by molar-refractivity contribution is 5.97. The van der Waals surface area contributed by atoms with Gasteiger partial charge in [-0.25, -0.2) is 4.98 Å². The minimum Gasteiger partial charge on any atom is -0.365 e. The van der Waals surface area contributed by atoms with Gasteiger partial charge in [0.1, 0.15) is 5.82 Å². The molecule has 20 heavy (non-hydrogen) atoms. The molecule has 2 aromatic rings. The number of amides is 1. The summed E-state index contributed by atoms with van der Waals surface area (Å²) in [4.78, 5) is 21.7. The number of aromatic nitrogens is 3. The van der Waals surface area contributed by atoms with Gasteiger partial charge in [-0.05, 0) is 25.0 Å². The van der Waals surface area contributed by atoms with E-state index < -0.39 is 5.91 Å². The smallest absolute Gasteiger partial charge is 0.252 e. The van der Waals surface area contributed by atoms with Crippen LogP contribution in [0.2, 0.25) is 0 Å². The van der Waals surface area contributed by atoms with Gasteiger partial charge in [-0.3, -0.25) is 4.79 Å². The maximum atomic E-state index is 11.4. The number of nitrogens with two attached hydrogens (primary N) is 1. The highest BCUT2D eigenvalue weighted by atomic mass is 16.5. The Balaban J connectivity index is 1.78. The summed E-state index contributed by atoms with van der Waals surface area (Å²) >= 11 is 0. The molecule has 1 fully saturated rings. The van der Waals surface area contributed by atoms with E-state index in [4.69, 9.17) is 10.3 Å². The van der Waals surface area contributed by atoms with E-state index in [1.165, 1.54) is 0 Å². The summed E-state index contributed by atoms with van der Waals surface area (Å²) < 4.78 is 5.20. The van der Waals surface area contributed by atoms with Crippen molar-refractivity contribution in [2.24, 2.45) is 5.73 Å². The molecule has 1 saturated carbocycles. The van der Waals surface area contributed by atoms with Crippen LogP contribution < -0.4 is 10.6 Å². The highest BCUT2D eigenvalue weighted by Gasteiger charge is 2.29. The number of nitrogens with zero attached hydrogens (tertiary/aromatic N) is 4. The lowest BCUT2D eigenvalue weighted by molar-refractivity contribution is 0.100. The summed E-state index contributed by atoms with van der Waals surface area (Å²) in [5.41, 5.74) is 5.72. The second kappa shape index (κ2) is 4.92. The fourth-order valence-corrected chi connectivity index (χ4v) is 2.01. The van der Waals surface area contributed by atoms with Crippen LogP contribution in [-0.2, 0) is 6.54 Å². The zero-order valence-electron chi connectivity index (χ0n) is 11.1. The van der Waals surface area contributed by atoms with Gasteiger partial charge >= 0.3 is 0 Å². The maximum Gasteiger partial charge on any atom is 0.252 e. The molecule has 1 amide bonds. The van der Waals surface area contributed by atoms with Crippen LogP contribution in [0.1, 0.15) is 40.8 Å². The largest absolute Gasteiger partial charge is 0.365 e. The summed E-state index contributed by atoms with van der Waals surface area (Å²) in [6, 6.07) is 3.32. The molecular formula is C13H15N5O2. The lowest BCUT2D eigenvalue weighted by Gasteiger charge is -2.17. The highest BCUT2D eigenvalue weighted by Crippen LogP contribution is 2.38. The van der Waals surface area contributed by atoms with Crippen LogP contribution >= 0.6 is 0 Å². The van der Waals surface area contributed by atoms with Crippen molar-refractivity contribution in [3.05, 3.63) is 35.6 Å². The molecule has 0 aliphatic heterocycles. The van der Waals surface area contributed by atoms with Crippen LogP contribution in [0.25, 0.3) is 0 Å². The summed E-state index contributed by atoms with van der Waals surface area (Å²) in [6.45, 7) is 0.410. The molecule has 0 bridgehead atoms. The van der Waals surface area contributed by atoms with Crippen LogP contribution in [-0.4, -0.2) is 28.1 Å². The topological polar surface area (TPSA) is 98.1 Å². The number of carbonyl (C=O) groups excluding carboxylic acids is 1. The van der Waals surface area contributed by atoms with Gasteiger partial charge in [0.2, 0.25) is 5.89 Å². The molecule has 0 unspecified atom stereocenters. The van der Waals surface area contributed by atoms with Crippen LogP contribution in [0.15, 0.2) is 22.9 Å². The Labute approximate surface area is 115 Å². The minimum atomic E-state index is -0.508. The van der Waals surface area contributed by atoms with E-state index in [-0.39, 0.29) is 0 Å². The molecule has 2 heterocycles. The Morgan fingerprint density at radius 3 is 3.05 bits per heavy atom. The number of primary amides is 1. The molecule has 1 aliphatic carbocycles. The van der Waals surface area contributed by atoms with Crippen LogP contribution in [0.3, 0.4) is 0 Å². The molecule has 7 nitrogen and oxygen atoms in total. The van der Waals surface area contributed by atoms with Gasteiger partial charge in [0.05, 0.1) is 12.1 Å². The zero-order valence-corrected chi connectivity index (χ0v) is 11.1. The fourth-order valence-electron chi connectivity index (χ4n) is 2.01. The molecular weight excluding hydrogens is 258 g/mol. The molecule has 104 valence electrons. The van der Waals surface area contributed by atoms with Crippen LogP contribution in [0.5, 0.6) is 0 Å². The molecule has 0 atom stereocenters. The van der Waals surface area contributed by atoms with Crippen molar-refractivity contribution < 1.29 is 9.32 Å². The molecule has 0 saturated heterocycles. The Hall–Kier alpha value is -2.44. The third kappa shape index (κ3) is 2.47. The van der Waals surface area contributed by atoms with Gasteiger partial charge in [0.25, 0.3) is 5.91 Å². The first-order valence-corrected chi connectivity index (χ1v) is 6.43. The maximum absolute atomic E-state index is 11.4. The van der Waals surface area contributed by atoms with E-state index >= 15 is 0 Å². The van der Waals surface area contributed by atoms with Crippen molar-refractivity contribution in [2.45, 2.75) is 25.3 Å². The second-order valence-electron chi connectivity index (χ2n) is 4.92. The van der Waals surface area contributed by atoms with Crippen molar-refractivity contribution in [2.75, 3.05) is 11.9 Å². The number of carbonyl (C=O) groups is 1. The molecule has 7 heteroatoms. The number of rotatable bonds is 5. The monoisotopic (exact) mass is 273 g/mol. The first kappa shape index (κ1) is 12.6. The van der Waals surface area contributed by atoms with Crippen molar-refractivity contribution in [3.8, 4) is 0 Å². The Kier molecular flexibility index (Phi) is 3.09. The van der Waals surface area contributed by atoms with E-state index in [9.17, 15) is 4.79 Å². The van der Waals surface area contributed by atoms with Gasteiger partial charge in [-0.2, -0.15) is 4.98 Å². The zero-order chi connectivity index (χ0) is 14.1. The predicted molar refractivity (Wildman–Crippen MR) is 71.1 cm³/mol. The number of anilines is 1. The molecule has 0 spiro atoms. The van der Waals surface area contributed by atoms with E-state index in [2.05, 4.69) is 15.1 Å². The minimum absolute atomic E-state index is 0.376. The Morgan fingerprint density at radius 1 is 1.55 bits per heavy atom. The first-order valence-electron chi connectivity index (χ1n) is 6.43. The second-order valence-corrected chi connectivity index (χ2v) is 4.92. The quantitative estimate of drug-likeness (QED) is 0.875. The van der Waals surface area contributed by atoms with E-state index in [0.29, 0.717) is 35.6 Å². The standard InChI is InChI=1S/C13H15N5O2/c1-18(12-9(11(14)19)3-2-6-15-12)7-10-16-13(20-17-10)8-4-5-8/h2-3,6,8H,4-5,7H2,1H3,(H2,14,19). The average molecular weight is 273 g/mol. The molecule has 2 aromatic heterocycles. The van der Waals surface area contributed by atoms with Crippen molar-refractivity contribution >= 4 is 11.7 Å². The number of hydrogen-bond donors (Lipinski definition) is 1. The molecule has 3 rings (SSSR count). The van der Waals surface area contributed by atoms with Crippen molar-refractivity contribution in [1.29, 1.82) is 0 Å². The van der Waals surface area contributed by atoms with E-state index in [1.807, 2.05) is 7.05 Å². The molecule has 0 aromatic carbocycles. The number of hydrogen-bond acceptors (Lipinski definition) is 6. The molecule has 0 radical (unpaired) electrons. The summed E-state index contributed by atoms with van der Waals surface area (Å²) in [5.74, 6) is 1.71. The number of pyridine rings is 1. The average Bonchev–Trinajstić information content (AvgIpc) is 3.19. The van der Waals surface area contributed by atoms with Gasteiger partial charge in [-0.1, -0.05) is 5.16 Å². The third-order valence-corrected chi connectivity index (χ3v) is 3.20. The SMILES string of the molecule is CN(Cc1noc(C2CC2)n1)c1ncccc1C(N)=O. The summed E-state index contributed by atoms with van der Waals surface area (Å²) in [5, 5.41) is 3.95. The Morgan fingerprint density at radius 2 is 2.35 bits per heavy atom. The third-order valence-electron chi connectivity index (χ3n) is 3.20. The van der Waals surface area contributed by atoms with Crippen LogP contribution in [0.4, 0.5) is 5.82 Å². The lowest BCUT2D eigenvalue weighted by Crippen LogP contribution is -2.23. The van der Waals surface area contributed by atoms with Gasteiger partial charge in [0, 0.05) is 19.2 Å². The predicted octanol–water partition coefficient (Wildman–Crippen LogP) is 1.08. The van der Waals surface area contributed by atoms with E-state index in [1.54, 1.807) is 23.2 Å². The summed E-state index contributed by atoms with van der Waals surface area (Å²) in [7, 11) is 1.81. The van der Waals surface area contributed by atoms with Crippen molar-refractivity contribution in [3.63, 3.8) is 0 Å². The van der Waals surface area contributed by atoms with Gasteiger partial charge in [0.15, 0.2) is 5.82 Å². The normalized spacial score (nSPS) is 14.2. The van der Waals surface area contributed by atoms with Crippen LogP contribution in [0, 0.1) is 0 Å². The fraction of sp³-hybridized carbons (Fsp3) is 0.385. The first-order chi connectivity index (χ1) is 9.65. The van der Waals surface area contributed by atoms with Crippen molar-refractivity contribution in [1.82, 2.24) is 15.1 Å². The molecule has 1 aliphatic rings. The van der Waals surface area contributed by atoms with Gasteiger partial charge in [-0.15, -0.1) is 0 Å².